The van der Waals surface area contributed by atoms with Crippen LogP contribution in [0.3, 0.4) is 0 Å². The number of hydrogen-bond acceptors (Lipinski definition) is 2. The van der Waals surface area contributed by atoms with Crippen LogP contribution in [0.2, 0.25) is 0 Å². The average molecular weight is 200 g/mol. The smallest absolute Gasteiger partial charge is 0.000655 e. The first-order chi connectivity index (χ1) is 6.79. The first-order valence-electron chi connectivity index (χ1n) is 6.16. The van der Waals surface area contributed by atoms with Crippen LogP contribution in [-0.4, -0.2) is 50.1 Å². The Kier molecular flexibility index (Phi) is 9.42. The topological polar surface area (TPSA) is 6.48 Å². The molecule has 0 bridgehead atoms. The SMILES string of the molecule is CC.CN(C)CCCN1CCCCC1. The molecule has 2 heteroatoms. The summed E-state index contributed by atoms with van der Waals surface area (Å²) < 4.78 is 0. The summed E-state index contributed by atoms with van der Waals surface area (Å²) in [5.41, 5.74) is 0. The van der Waals surface area contributed by atoms with Crippen LogP contribution in [0.5, 0.6) is 0 Å². The lowest BCUT2D eigenvalue weighted by Gasteiger charge is -2.26. The van der Waals surface area contributed by atoms with Crippen molar-refractivity contribution in [3.05, 3.63) is 0 Å². The number of piperidine rings is 1. The van der Waals surface area contributed by atoms with E-state index in [1.54, 1.807) is 0 Å². The van der Waals surface area contributed by atoms with Gasteiger partial charge in [-0.25, -0.2) is 0 Å². The first-order valence-corrected chi connectivity index (χ1v) is 6.16. The molecular formula is C12H28N2. The molecule has 0 aromatic carbocycles. The maximum Gasteiger partial charge on any atom is -0.000655 e. The lowest BCUT2D eigenvalue weighted by molar-refractivity contribution is 0.217. The second-order valence-electron chi connectivity index (χ2n) is 4.06. The summed E-state index contributed by atoms with van der Waals surface area (Å²) in [7, 11) is 4.30. The van der Waals surface area contributed by atoms with E-state index in [4.69, 9.17) is 0 Å². The van der Waals surface area contributed by atoms with E-state index in [9.17, 15) is 0 Å². The first kappa shape index (κ1) is 13.9. The van der Waals surface area contributed by atoms with Crippen LogP contribution in [0, 0.1) is 0 Å². The fourth-order valence-corrected chi connectivity index (χ4v) is 1.79. The van der Waals surface area contributed by atoms with E-state index < -0.39 is 0 Å². The van der Waals surface area contributed by atoms with Crippen LogP contribution in [0.25, 0.3) is 0 Å². The Morgan fingerprint density at radius 2 is 1.57 bits per heavy atom. The van der Waals surface area contributed by atoms with Gasteiger partial charge in [-0.3, -0.25) is 0 Å². The van der Waals surface area contributed by atoms with Crippen molar-refractivity contribution >= 4 is 0 Å². The molecule has 1 heterocycles. The highest BCUT2D eigenvalue weighted by molar-refractivity contribution is 4.64. The van der Waals surface area contributed by atoms with Crippen molar-refractivity contribution in [2.75, 3.05) is 40.3 Å². The summed E-state index contributed by atoms with van der Waals surface area (Å²) in [6.07, 6.45) is 5.61. The van der Waals surface area contributed by atoms with Gasteiger partial charge < -0.3 is 9.80 Å². The molecule has 0 atom stereocenters. The maximum atomic E-state index is 2.60. The van der Waals surface area contributed by atoms with Gasteiger partial charge in [-0.05, 0) is 59.5 Å². The molecule has 0 unspecified atom stereocenters. The Morgan fingerprint density at radius 3 is 2.07 bits per heavy atom. The zero-order valence-electron chi connectivity index (χ0n) is 10.6. The molecule has 0 saturated carbocycles. The lowest BCUT2D eigenvalue weighted by Crippen LogP contribution is -2.32. The monoisotopic (exact) mass is 200 g/mol. The standard InChI is InChI=1S/C10H22N2.C2H6/c1-11(2)7-6-10-12-8-4-3-5-9-12;1-2/h3-10H2,1-2H3;1-2H3. The Hall–Kier alpha value is -0.0800. The maximum absolute atomic E-state index is 2.60. The van der Waals surface area contributed by atoms with Crippen molar-refractivity contribution in [1.82, 2.24) is 9.80 Å². The number of likely N-dealkylation sites (tertiary alicyclic amines) is 1. The van der Waals surface area contributed by atoms with E-state index in [0.717, 1.165) is 0 Å². The fraction of sp³-hybridized carbons (Fsp3) is 1.00. The summed E-state index contributed by atoms with van der Waals surface area (Å²) in [6, 6.07) is 0. The van der Waals surface area contributed by atoms with Crippen molar-refractivity contribution in [2.45, 2.75) is 39.5 Å². The van der Waals surface area contributed by atoms with Gasteiger partial charge in [0.1, 0.15) is 0 Å². The predicted octanol–water partition coefficient (Wildman–Crippen LogP) is 2.45. The average Bonchev–Trinajstić information content (AvgIpc) is 2.22. The molecule has 2 nitrogen and oxygen atoms in total. The molecule has 1 aliphatic rings. The highest BCUT2D eigenvalue weighted by Crippen LogP contribution is 2.08. The van der Waals surface area contributed by atoms with Gasteiger partial charge in [0.25, 0.3) is 0 Å². The van der Waals surface area contributed by atoms with Crippen molar-refractivity contribution < 1.29 is 0 Å². The summed E-state index contributed by atoms with van der Waals surface area (Å²) in [5, 5.41) is 0. The quantitative estimate of drug-likeness (QED) is 0.688. The largest absolute Gasteiger partial charge is 0.309 e. The molecule has 0 aromatic heterocycles. The van der Waals surface area contributed by atoms with Crippen molar-refractivity contribution in [2.24, 2.45) is 0 Å². The van der Waals surface area contributed by atoms with Gasteiger partial charge in [0.15, 0.2) is 0 Å². The van der Waals surface area contributed by atoms with Crippen LogP contribution in [0.15, 0.2) is 0 Å². The van der Waals surface area contributed by atoms with Crippen LogP contribution >= 0.6 is 0 Å². The van der Waals surface area contributed by atoms with Crippen molar-refractivity contribution in [3.8, 4) is 0 Å². The van der Waals surface area contributed by atoms with Gasteiger partial charge in [0.05, 0.1) is 0 Å². The molecule has 1 fully saturated rings. The third-order valence-electron chi connectivity index (χ3n) is 2.53. The van der Waals surface area contributed by atoms with E-state index in [0.29, 0.717) is 0 Å². The summed E-state index contributed by atoms with van der Waals surface area (Å²) in [5.74, 6) is 0. The molecule has 86 valence electrons. The van der Waals surface area contributed by atoms with E-state index in [-0.39, 0.29) is 0 Å². The Labute approximate surface area is 90.3 Å². The molecule has 0 aliphatic carbocycles. The molecule has 0 aromatic rings. The lowest BCUT2D eigenvalue weighted by atomic mass is 10.1. The molecular weight excluding hydrogens is 172 g/mol. The Balaban J connectivity index is 0.000000791. The van der Waals surface area contributed by atoms with Gasteiger partial charge in [-0.2, -0.15) is 0 Å². The fourth-order valence-electron chi connectivity index (χ4n) is 1.79. The molecule has 1 rings (SSSR count). The Morgan fingerprint density at radius 1 is 1.00 bits per heavy atom. The normalized spacial score (nSPS) is 17.8. The summed E-state index contributed by atoms with van der Waals surface area (Å²) in [6.45, 7) is 9.22. The van der Waals surface area contributed by atoms with Gasteiger partial charge >= 0.3 is 0 Å². The van der Waals surface area contributed by atoms with E-state index >= 15 is 0 Å². The second-order valence-corrected chi connectivity index (χ2v) is 4.06. The van der Waals surface area contributed by atoms with Gasteiger partial charge in [0.2, 0.25) is 0 Å². The molecule has 0 radical (unpaired) electrons. The molecule has 0 amide bonds. The molecule has 1 aliphatic heterocycles. The highest BCUT2D eigenvalue weighted by Gasteiger charge is 2.08. The minimum absolute atomic E-state index is 1.23. The van der Waals surface area contributed by atoms with Crippen LogP contribution in [0.1, 0.15) is 39.5 Å². The number of nitrogens with zero attached hydrogens (tertiary/aromatic N) is 2. The summed E-state index contributed by atoms with van der Waals surface area (Å²) in [4.78, 5) is 4.87. The van der Waals surface area contributed by atoms with E-state index in [2.05, 4.69) is 23.9 Å². The second kappa shape index (κ2) is 9.47. The molecule has 0 N–H and O–H groups in total. The van der Waals surface area contributed by atoms with Crippen LogP contribution < -0.4 is 0 Å². The zero-order valence-corrected chi connectivity index (χ0v) is 10.6. The highest BCUT2D eigenvalue weighted by atomic mass is 15.1. The summed E-state index contributed by atoms with van der Waals surface area (Å²) >= 11 is 0. The van der Waals surface area contributed by atoms with Gasteiger partial charge in [-0.15, -0.1) is 0 Å². The number of hydrogen-bond donors (Lipinski definition) is 0. The molecule has 14 heavy (non-hydrogen) atoms. The van der Waals surface area contributed by atoms with Gasteiger partial charge in [-0.1, -0.05) is 20.3 Å². The van der Waals surface area contributed by atoms with Crippen molar-refractivity contribution in [1.29, 1.82) is 0 Å². The number of rotatable bonds is 4. The molecule has 1 saturated heterocycles. The molecule has 0 spiro atoms. The third-order valence-corrected chi connectivity index (χ3v) is 2.53. The predicted molar refractivity (Wildman–Crippen MR) is 64.8 cm³/mol. The van der Waals surface area contributed by atoms with Crippen molar-refractivity contribution in [3.63, 3.8) is 0 Å². The zero-order chi connectivity index (χ0) is 10.8. The van der Waals surface area contributed by atoms with Crippen LogP contribution in [0.4, 0.5) is 0 Å². The Bertz CT molecular complexity index is 107. The van der Waals surface area contributed by atoms with E-state index in [1.165, 1.54) is 51.9 Å². The third kappa shape index (κ3) is 7.34. The van der Waals surface area contributed by atoms with Crippen LogP contribution in [-0.2, 0) is 0 Å². The van der Waals surface area contributed by atoms with E-state index in [1.807, 2.05) is 13.8 Å². The minimum Gasteiger partial charge on any atom is -0.309 e. The van der Waals surface area contributed by atoms with Gasteiger partial charge in [0, 0.05) is 0 Å². The minimum atomic E-state index is 1.23.